The maximum Gasteiger partial charge on any atom is 0.282 e. The van der Waals surface area contributed by atoms with Gasteiger partial charge in [0.1, 0.15) is 11.3 Å². The molecule has 0 unspecified atom stereocenters. The summed E-state index contributed by atoms with van der Waals surface area (Å²) < 4.78 is 5.06. The molecule has 7 nitrogen and oxygen atoms in total. The van der Waals surface area contributed by atoms with E-state index in [0.29, 0.717) is 5.69 Å². The molecule has 0 fully saturated rings. The lowest BCUT2D eigenvalue weighted by Gasteiger charge is -2.10. The Balaban J connectivity index is 2.35. The molecule has 1 aromatic heterocycles. The van der Waals surface area contributed by atoms with Crippen LogP contribution < -0.4 is 10.1 Å². The van der Waals surface area contributed by atoms with Crippen molar-refractivity contribution in [2.24, 2.45) is 0 Å². The van der Waals surface area contributed by atoms with E-state index in [0.717, 1.165) is 5.56 Å². The summed E-state index contributed by atoms with van der Waals surface area (Å²) in [7, 11) is 1.43. The number of hydrogen-bond donors (Lipinski definition) is 1. The largest absolute Gasteiger partial charge is 0.480 e. The van der Waals surface area contributed by atoms with E-state index < -0.39 is 10.8 Å². The number of nitro benzene ring substituents is 1. The third-order valence-corrected chi connectivity index (χ3v) is 2.77. The lowest BCUT2D eigenvalue weighted by atomic mass is 10.1. The molecule has 0 saturated heterocycles. The predicted molar refractivity (Wildman–Crippen MR) is 76.6 cm³/mol. The van der Waals surface area contributed by atoms with Crippen LogP contribution in [0.25, 0.3) is 0 Å². The number of para-hydroxylation sites is 1. The number of aromatic nitrogens is 1. The molecule has 1 N–H and O–H groups in total. The van der Waals surface area contributed by atoms with E-state index >= 15 is 0 Å². The van der Waals surface area contributed by atoms with Crippen molar-refractivity contribution in [3.05, 3.63) is 57.8 Å². The van der Waals surface area contributed by atoms with Crippen molar-refractivity contribution in [3.8, 4) is 5.88 Å². The summed E-state index contributed by atoms with van der Waals surface area (Å²) in [5, 5.41) is 13.5. The van der Waals surface area contributed by atoms with Crippen molar-refractivity contribution >= 4 is 17.3 Å². The summed E-state index contributed by atoms with van der Waals surface area (Å²) in [6.45, 7) is 1.81. The number of rotatable bonds is 4. The van der Waals surface area contributed by atoms with Gasteiger partial charge in [-0.05, 0) is 24.6 Å². The number of aryl methyl sites for hydroxylation is 1. The van der Waals surface area contributed by atoms with Gasteiger partial charge >= 0.3 is 0 Å². The van der Waals surface area contributed by atoms with Crippen molar-refractivity contribution in [1.29, 1.82) is 0 Å². The zero-order chi connectivity index (χ0) is 15.4. The fourth-order valence-corrected chi connectivity index (χ4v) is 1.82. The third-order valence-electron chi connectivity index (χ3n) is 2.77. The lowest BCUT2D eigenvalue weighted by Crippen LogP contribution is -2.15. The first-order chi connectivity index (χ1) is 10.0. The average Bonchev–Trinajstić information content (AvgIpc) is 2.47. The Morgan fingerprint density at radius 2 is 2.10 bits per heavy atom. The number of anilines is 1. The van der Waals surface area contributed by atoms with Crippen LogP contribution in [-0.4, -0.2) is 22.9 Å². The second kappa shape index (κ2) is 6.00. The lowest BCUT2D eigenvalue weighted by molar-refractivity contribution is -0.385. The monoisotopic (exact) mass is 287 g/mol. The Morgan fingerprint density at radius 3 is 2.76 bits per heavy atom. The summed E-state index contributed by atoms with van der Waals surface area (Å²) in [6.07, 6.45) is 1.60. The van der Waals surface area contributed by atoms with Crippen LogP contribution in [-0.2, 0) is 0 Å². The van der Waals surface area contributed by atoms with Crippen LogP contribution in [0.3, 0.4) is 0 Å². The number of nitrogens with zero attached hydrogens (tertiary/aromatic N) is 2. The standard InChI is InChI=1S/C14H13N3O4/c1-9-7-11(14(21-2)15-8-9)16-13(18)10-5-3-4-6-12(10)17(19)20/h3-8H,1-2H3,(H,16,18). The van der Waals surface area contributed by atoms with Crippen LogP contribution in [0.4, 0.5) is 11.4 Å². The molecule has 1 amide bonds. The van der Waals surface area contributed by atoms with Gasteiger partial charge in [-0.2, -0.15) is 0 Å². The maximum absolute atomic E-state index is 12.2. The number of methoxy groups -OCH3 is 1. The first-order valence-electron chi connectivity index (χ1n) is 6.08. The van der Waals surface area contributed by atoms with Crippen molar-refractivity contribution in [3.63, 3.8) is 0 Å². The van der Waals surface area contributed by atoms with E-state index in [-0.39, 0.29) is 17.1 Å². The van der Waals surface area contributed by atoms with Crippen LogP contribution in [0.5, 0.6) is 5.88 Å². The molecule has 0 bridgehead atoms. The topological polar surface area (TPSA) is 94.4 Å². The average molecular weight is 287 g/mol. The molecule has 0 aliphatic rings. The normalized spacial score (nSPS) is 10.0. The summed E-state index contributed by atoms with van der Waals surface area (Å²) in [4.78, 5) is 26.6. The van der Waals surface area contributed by atoms with Crippen molar-refractivity contribution in [2.75, 3.05) is 12.4 Å². The van der Waals surface area contributed by atoms with E-state index in [2.05, 4.69) is 10.3 Å². The Hall–Kier alpha value is -2.96. The SMILES string of the molecule is COc1ncc(C)cc1NC(=O)c1ccccc1[N+](=O)[O-]. The number of pyridine rings is 1. The molecule has 2 aromatic rings. The molecule has 7 heteroatoms. The van der Waals surface area contributed by atoms with Crippen LogP contribution in [0, 0.1) is 17.0 Å². The number of nitro groups is 1. The van der Waals surface area contributed by atoms with Crippen LogP contribution >= 0.6 is 0 Å². The molecule has 2 rings (SSSR count). The molecular formula is C14H13N3O4. The molecule has 21 heavy (non-hydrogen) atoms. The highest BCUT2D eigenvalue weighted by molar-refractivity contribution is 6.07. The molecule has 0 spiro atoms. The van der Waals surface area contributed by atoms with Gasteiger partial charge in [0.05, 0.1) is 12.0 Å². The van der Waals surface area contributed by atoms with E-state index in [1.165, 1.54) is 25.3 Å². The number of carbonyl (C=O) groups is 1. The van der Waals surface area contributed by atoms with Gasteiger partial charge < -0.3 is 10.1 Å². The Labute approximate surface area is 120 Å². The smallest absolute Gasteiger partial charge is 0.282 e. The zero-order valence-electron chi connectivity index (χ0n) is 11.5. The van der Waals surface area contributed by atoms with Gasteiger partial charge in [-0.15, -0.1) is 0 Å². The van der Waals surface area contributed by atoms with Crippen molar-refractivity contribution < 1.29 is 14.5 Å². The minimum Gasteiger partial charge on any atom is -0.480 e. The van der Waals surface area contributed by atoms with Gasteiger partial charge in [0, 0.05) is 12.3 Å². The number of carbonyl (C=O) groups excluding carboxylic acids is 1. The number of ether oxygens (including phenoxy) is 1. The Bertz CT molecular complexity index is 700. The number of benzene rings is 1. The highest BCUT2D eigenvalue weighted by Gasteiger charge is 2.20. The highest BCUT2D eigenvalue weighted by atomic mass is 16.6. The predicted octanol–water partition coefficient (Wildman–Crippen LogP) is 2.56. The molecule has 1 aromatic carbocycles. The number of nitrogens with one attached hydrogen (secondary N) is 1. The van der Waals surface area contributed by atoms with Gasteiger partial charge in [0.15, 0.2) is 0 Å². The van der Waals surface area contributed by atoms with Crippen LogP contribution in [0.1, 0.15) is 15.9 Å². The fraction of sp³-hybridized carbons (Fsp3) is 0.143. The van der Waals surface area contributed by atoms with E-state index in [1.54, 1.807) is 18.3 Å². The Morgan fingerprint density at radius 1 is 1.38 bits per heavy atom. The van der Waals surface area contributed by atoms with Gasteiger partial charge in [0.25, 0.3) is 11.6 Å². The summed E-state index contributed by atoms with van der Waals surface area (Å²) in [6, 6.07) is 7.42. The molecule has 108 valence electrons. The molecule has 0 aliphatic carbocycles. The van der Waals surface area contributed by atoms with Crippen molar-refractivity contribution in [1.82, 2.24) is 4.98 Å². The van der Waals surface area contributed by atoms with Gasteiger partial charge in [-0.3, -0.25) is 14.9 Å². The van der Waals surface area contributed by atoms with Gasteiger partial charge in [-0.25, -0.2) is 4.98 Å². The zero-order valence-corrected chi connectivity index (χ0v) is 11.5. The molecule has 0 atom stereocenters. The quantitative estimate of drug-likeness (QED) is 0.688. The van der Waals surface area contributed by atoms with Gasteiger partial charge in [0.2, 0.25) is 5.88 Å². The number of hydrogen-bond acceptors (Lipinski definition) is 5. The minimum absolute atomic E-state index is 0.0222. The highest BCUT2D eigenvalue weighted by Crippen LogP contribution is 2.24. The van der Waals surface area contributed by atoms with E-state index in [1.807, 2.05) is 6.92 Å². The fourth-order valence-electron chi connectivity index (χ4n) is 1.82. The maximum atomic E-state index is 12.2. The molecule has 1 heterocycles. The van der Waals surface area contributed by atoms with Crippen LogP contribution in [0.2, 0.25) is 0 Å². The minimum atomic E-state index is -0.597. The van der Waals surface area contributed by atoms with Crippen molar-refractivity contribution in [2.45, 2.75) is 6.92 Å². The summed E-state index contributed by atoms with van der Waals surface area (Å²) >= 11 is 0. The van der Waals surface area contributed by atoms with Gasteiger partial charge in [-0.1, -0.05) is 12.1 Å². The Kier molecular flexibility index (Phi) is 4.13. The molecule has 0 radical (unpaired) electrons. The molecule has 0 aliphatic heterocycles. The third kappa shape index (κ3) is 3.14. The van der Waals surface area contributed by atoms with Crippen LogP contribution in [0.15, 0.2) is 36.5 Å². The second-order valence-electron chi connectivity index (χ2n) is 4.30. The number of amides is 1. The van der Waals surface area contributed by atoms with E-state index in [9.17, 15) is 14.9 Å². The first-order valence-corrected chi connectivity index (χ1v) is 6.08. The first kappa shape index (κ1) is 14.4. The molecular weight excluding hydrogens is 274 g/mol. The second-order valence-corrected chi connectivity index (χ2v) is 4.30. The van der Waals surface area contributed by atoms with E-state index in [4.69, 9.17) is 4.74 Å². The summed E-state index contributed by atoms with van der Waals surface area (Å²) in [5.74, 6) is -0.347. The summed E-state index contributed by atoms with van der Waals surface area (Å²) in [5.41, 5.74) is 0.912. The molecule has 0 saturated carbocycles.